The second-order valence-electron chi connectivity index (χ2n) is 6.93. The summed E-state index contributed by atoms with van der Waals surface area (Å²) < 4.78 is 1.85. The van der Waals surface area contributed by atoms with E-state index in [0.29, 0.717) is 18.3 Å². The molecule has 22 heavy (non-hydrogen) atoms. The average Bonchev–Trinajstić information content (AvgIpc) is 3.12. The molecule has 0 radical (unpaired) electrons. The molecule has 5 nitrogen and oxygen atoms in total. The van der Waals surface area contributed by atoms with Gasteiger partial charge < -0.3 is 14.4 Å². The van der Waals surface area contributed by atoms with Crippen LogP contribution in [-0.4, -0.2) is 50.9 Å². The predicted molar refractivity (Wildman–Crippen MR) is 82.4 cm³/mol. The normalized spacial score (nSPS) is 28.7. The van der Waals surface area contributed by atoms with Gasteiger partial charge in [0.25, 0.3) is 5.91 Å². The van der Waals surface area contributed by atoms with Crippen LogP contribution in [-0.2, 0) is 11.8 Å². The van der Waals surface area contributed by atoms with Crippen LogP contribution in [0.15, 0.2) is 18.3 Å². The molecular weight excluding hydrogens is 278 g/mol. The molecule has 0 N–H and O–H groups in total. The minimum atomic E-state index is -0.567. The van der Waals surface area contributed by atoms with Crippen LogP contribution in [0.5, 0.6) is 0 Å². The van der Waals surface area contributed by atoms with Crippen molar-refractivity contribution in [1.82, 2.24) is 14.4 Å². The highest BCUT2D eigenvalue weighted by atomic mass is 16.2. The van der Waals surface area contributed by atoms with Crippen LogP contribution in [0.1, 0.15) is 49.0 Å². The van der Waals surface area contributed by atoms with E-state index in [-0.39, 0.29) is 11.8 Å². The minimum absolute atomic E-state index is 0.0102. The summed E-state index contributed by atoms with van der Waals surface area (Å²) in [5.41, 5.74) is 0.111. The molecule has 1 unspecified atom stereocenters. The van der Waals surface area contributed by atoms with Gasteiger partial charge in [0.1, 0.15) is 11.2 Å². The third-order valence-corrected chi connectivity index (χ3v) is 5.53. The number of rotatable bonds is 2. The van der Waals surface area contributed by atoms with Crippen LogP contribution in [0.25, 0.3) is 0 Å². The Labute approximate surface area is 130 Å². The fraction of sp³-hybridized carbons (Fsp3) is 0.647. The second-order valence-corrected chi connectivity index (χ2v) is 6.93. The molecule has 2 amide bonds. The van der Waals surface area contributed by atoms with Crippen LogP contribution in [0, 0.1) is 0 Å². The van der Waals surface area contributed by atoms with Gasteiger partial charge in [0, 0.05) is 32.4 Å². The van der Waals surface area contributed by atoms with Gasteiger partial charge in [0.15, 0.2) is 0 Å². The van der Waals surface area contributed by atoms with Crippen molar-refractivity contribution in [1.29, 1.82) is 0 Å². The van der Waals surface area contributed by atoms with E-state index in [2.05, 4.69) is 4.90 Å². The largest absolute Gasteiger partial charge is 0.347 e. The number of likely N-dealkylation sites (tertiary alicyclic amines) is 2. The average molecular weight is 301 g/mol. The molecule has 5 heteroatoms. The van der Waals surface area contributed by atoms with E-state index >= 15 is 0 Å². The molecule has 1 aromatic rings. The lowest BCUT2D eigenvalue weighted by molar-refractivity contribution is -0.146. The first-order chi connectivity index (χ1) is 10.6. The van der Waals surface area contributed by atoms with Gasteiger partial charge in [-0.05, 0) is 50.7 Å². The first-order valence-corrected chi connectivity index (χ1v) is 8.38. The highest BCUT2D eigenvalue weighted by molar-refractivity contribution is 5.99. The molecule has 3 heterocycles. The number of piperidine rings is 1. The Kier molecular flexibility index (Phi) is 3.06. The van der Waals surface area contributed by atoms with Crippen LogP contribution in [0.4, 0.5) is 0 Å². The van der Waals surface area contributed by atoms with Gasteiger partial charge in [0.05, 0.1) is 0 Å². The Balaban J connectivity index is 1.66. The molecule has 0 aromatic carbocycles. The Morgan fingerprint density at radius 1 is 1.23 bits per heavy atom. The van der Waals surface area contributed by atoms with E-state index in [1.807, 2.05) is 34.8 Å². The van der Waals surface area contributed by atoms with Crippen molar-refractivity contribution in [3.63, 3.8) is 0 Å². The number of nitrogens with zero attached hydrogens (tertiary/aromatic N) is 3. The number of carbonyl (C=O) groups is 2. The lowest BCUT2D eigenvalue weighted by Gasteiger charge is -2.44. The maximum Gasteiger partial charge on any atom is 0.271 e. The Morgan fingerprint density at radius 2 is 1.95 bits per heavy atom. The zero-order valence-electron chi connectivity index (χ0n) is 13.1. The number of hydrogen-bond donors (Lipinski definition) is 0. The summed E-state index contributed by atoms with van der Waals surface area (Å²) in [7, 11) is 1.88. The van der Waals surface area contributed by atoms with Gasteiger partial charge in [0.2, 0.25) is 5.91 Å². The van der Waals surface area contributed by atoms with E-state index in [1.165, 1.54) is 0 Å². The maximum atomic E-state index is 13.1. The van der Waals surface area contributed by atoms with E-state index in [0.717, 1.165) is 45.1 Å². The molecule has 1 aromatic heterocycles. The lowest BCUT2D eigenvalue weighted by Crippen LogP contribution is -2.61. The highest BCUT2D eigenvalue weighted by Gasteiger charge is 2.54. The quantitative estimate of drug-likeness (QED) is 0.836. The first kappa shape index (κ1) is 13.9. The summed E-state index contributed by atoms with van der Waals surface area (Å²) in [6, 6.07) is 4.17. The van der Waals surface area contributed by atoms with Crippen molar-refractivity contribution in [2.24, 2.45) is 7.05 Å². The number of hydrogen-bond acceptors (Lipinski definition) is 2. The molecule has 1 saturated carbocycles. The van der Waals surface area contributed by atoms with Gasteiger partial charge >= 0.3 is 0 Å². The molecule has 118 valence electrons. The zero-order chi connectivity index (χ0) is 15.3. The molecule has 3 fully saturated rings. The summed E-state index contributed by atoms with van der Waals surface area (Å²) in [5, 5.41) is 0. The summed E-state index contributed by atoms with van der Waals surface area (Å²) in [6.07, 6.45) is 7.74. The summed E-state index contributed by atoms with van der Waals surface area (Å²) in [6.45, 7) is 1.58. The molecule has 2 aliphatic heterocycles. The maximum absolute atomic E-state index is 13.1. The van der Waals surface area contributed by atoms with Crippen LogP contribution in [0.2, 0.25) is 0 Å². The topological polar surface area (TPSA) is 45.6 Å². The molecule has 2 saturated heterocycles. The number of amides is 2. The van der Waals surface area contributed by atoms with Gasteiger partial charge in [-0.1, -0.05) is 0 Å². The van der Waals surface area contributed by atoms with Crippen LogP contribution >= 0.6 is 0 Å². The highest BCUT2D eigenvalue weighted by Crippen LogP contribution is 2.42. The molecule has 4 rings (SSSR count). The first-order valence-electron chi connectivity index (χ1n) is 8.38. The minimum Gasteiger partial charge on any atom is -0.347 e. The van der Waals surface area contributed by atoms with E-state index in [9.17, 15) is 9.59 Å². The number of aromatic nitrogens is 1. The molecule has 1 aliphatic carbocycles. The predicted octanol–water partition coefficient (Wildman–Crippen LogP) is 1.78. The van der Waals surface area contributed by atoms with Crippen molar-refractivity contribution in [3.05, 3.63) is 24.0 Å². The van der Waals surface area contributed by atoms with Crippen molar-refractivity contribution in [2.75, 3.05) is 13.1 Å². The Morgan fingerprint density at radius 3 is 2.59 bits per heavy atom. The molecular formula is C17H23N3O2. The lowest BCUT2D eigenvalue weighted by atomic mass is 9.85. The van der Waals surface area contributed by atoms with Gasteiger partial charge in [-0.25, -0.2) is 0 Å². The third-order valence-electron chi connectivity index (χ3n) is 5.53. The number of carbonyl (C=O) groups excluding carboxylic acids is 2. The van der Waals surface area contributed by atoms with Gasteiger partial charge in [-0.15, -0.1) is 0 Å². The SMILES string of the molecule is Cn1cccc1C(=O)N1CCCC12CCCN(C1CC1)C2=O. The van der Waals surface area contributed by atoms with Crippen molar-refractivity contribution in [2.45, 2.75) is 50.1 Å². The fourth-order valence-electron chi connectivity index (χ4n) is 4.23. The Bertz CT molecular complexity index is 619. The zero-order valence-corrected chi connectivity index (χ0v) is 13.1. The molecule has 3 aliphatic rings. The summed E-state index contributed by atoms with van der Waals surface area (Å²) in [4.78, 5) is 30.0. The number of aryl methyl sites for hydroxylation is 1. The molecule has 1 spiro atoms. The van der Waals surface area contributed by atoms with Crippen LogP contribution < -0.4 is 0 Å². The van der Waals surface area contributed by atoms with E-state index < -0.39 is 5.54 Å². The van der Waals surface area contributed by atoms with Gasteiger partial charge in [-0.3, -0.25) is 9.59 Å². The summed E-state index contributed by atoms with van der Waals surface area (Å²) in [5.74, 6) is 0.220. The molecule has 1 atom stereocenters. The monoisotopic (exact) mass is 301 g/mol. The standard InChI is InChI=1S/C17H23N3O2/c1-18-10-2-5-14(18)15(21)20-12-4-9-17(20)8-3-11-19(16(17)22)13-6-7-13/h2,5,10,13H,3-4,6-9,11-12H2,1H3. The van der Waals surface area contributed by atoms with Crippen molar-refractivity contribution >= 4 is 11.8 Å². The van der Waals surface area contributed by atoms with Crippen molar-refractivity contribution in [3.8, 4) is 0 Å². The molecule has 0 bridgehead atoms. The van der Waals surface area contributed by atoms with Gasteiger partial charge in [-0.2, -0.15) is 0 Å². The fourth-order valence-corrected chi connectivity index (χ4v) is 4.23. The van der Waals surface area contributed by atoms with Crippen molar-refractivity contribution < 1.29 is 9.59 Å². The van der Waals surface area contributed by atoms with E-state index in [1.54, 1.807) is 0 Å². The van der Waals surface area contributed by atoms with Crippen LogP contribution in [0.3, 0.4) is 0 Å². The summed E-state index contributed by atoms with van der Waals surface area (Å²) >= 11 is 0. The Hall–Kier alpha value is -1.78. The smallest absolute Gasteiger partial charge is 0.271 e. The third kappa shape index (κ3) is 1.91. The van der Waals surface area contributed by atoms with E-state index in [4.69, 9.17) is 0 Å². The second kappa shape index (κ2) is 4.86.